The van der Waals surface area contributed by atoms with Gasteiger partial charge in [0.2, 0.25) is 11.7 Å². The fourth-order valence-corrected chi connectivity index (χ4v) is 5.66. The number of ketones is 2. The van der Waals surface area contributed by atoms with Crippen molar-refractivity contribution >= 4 is 81.2 Å². The van der Waals surface area contributed by atoms with Crippen LogP contribution in [0.4, 0.5) is 23.2 Å². The van der Waals surface area contributed by atoms with Crippen LogP contribution in [0.3, 0.4) is 0 Å². The molecule has 1 N–H and O–H groups in total. The van der Waals surface area contributed by atoms with Crippen molar-refractivity contribution in [2.24, 2.45) is 5.92 Å². The normalized spacial score (nSPS) is 17.8. The summed E-state index contributed by atoms with van der Waals surface area (Å²) in [5.41, 5.74) is 0.939. The highest BCUT2D eigenvalue weighted by molar-refractivity contribution is 6.53. The third-order valence-electron chi connectivity index (χ3n) is 6.32. The van der Waals surface area contributed by atoms with Gasteiger partial charge < -0.3 is 5.32 Å². The Labute approximate surface area is 250 Å². The van der Waals surface area contributed by atoms with E-state index in [0.29, 0.717) is 11.1 Å². The maximum atomic E-state index is 13.5. The summed E-state index contributed by atoms with van der Waals surface area (Å²) >= 11 is 30.7. The molecular formula is C27H16Cl5F4NO3. The summed E-state index contributed by atoms with van der Waals surface area (Å²) in [6.07, 6.45) is -6.27. The van der Waals surface area contributed by atoms with E-state index in [1.165, 1.54) is 48.5 Å². The number of halogens is 9. The molecule has 1 fully saturated rings. The van der Waals surface area contributed by atoms with E-state index in [4.69, 9.17) is 58.0 Å². The first-order chi connectivity index (χ1) is 18.6. The van der Waals surface area contributed by atoms with Gasteiger partial charge in [-0.3, -0.25) is 14.4 Å². The molecule has 0 radical (unpaired) electrons. The van der Waals surface area contributed by atoms with Crippen LogP contribution < -0.4 is 5.32 Å². The van der Waals surface area contributed by atoms with Gasteiger partial charge in [-0.1, -0.05) is 53.0 Å². The second kappa shape index (κ2) is 11.5. The van der Waals surface area contributed by atoms with Crippen molar-refractivity contribution in [1.29, 1.82) is 0 Å². The van der Waals surface area contributed by atoms with Gasteiger partial charge in [-0.25, -0.2) is 4.39 Å². The van der Waals surface area contributed by atoms with Crippen LogP contribution in [0.15, 0.2) is 54.6 Å². The molecule has 40 heavy (non-hydrogen) atoms. The van der Waals surface area contributed by atoms with Crippen LogP contribution in [0.2, 0.25) is 15.1 Å². The van der Waals surface area contributed by atoms with Gasteiger partial charge in [0.05, 0.1) is 16.0 Å². The molecule has 0 bridgehead atoms. The maximum Gasteiger partial charge on any atom is 0.450 e. The molecule has 0 heterocycles. The summed E-state index contributed by atoms with van der Waals surface area (Å²) in [4.78, 5) is 37.4. The Morgan fingerprint density at radius 2 is 1.52 bits per heavy atom. The Morgan fingerprint density at radius 3 is 2.17 bits per heavy atom. The molecule has 0 saturated heterocycles. The van der Waals surface area contributed by atoms with Crippen LogP contribution in [0.5, 0.6) is 0 Å². The molecule has 1 aliphatic rings. The number of carbonyl (C=O) groups is 3. The van der Waals surface area contributed by atoms with Gasteiger partial charge in [0.25, 0.3) is 0 Å². The SMILES string of the molecule is O=C(Cc1ccc(Cl)c(CC(=O)C(F)(F)F)c1)c1cc(NC(=O)C2C(c3ccc(F)c(Cl)c3)C2(Cl)Cl)ccc1Cl. The third kappa shape index (κ3) is 6.58. The molecule has 4 rings (SSSR count). The Balaban J connectivity index is 1.48. The summed E-state index contributed by atoms with van der Waals surface area (Å²) in [5.74, 6) is -5.24. The highest BCUT2D eigenvalue weighted by atomic mass is 35.5. The smallest absolute Gasteiger partial charge is 0.326 e. The molecule has 3 aromatic rings. The van der Waals surface area contributed by atoms with Crippen LogP contribution in [0.1, 0.15) is 33.0 Å². The number of hydrogen-bond donors (Lipinski definition) is 1. The van der Waals surface area contributed by atoms with E-state index in [2.05, 4.69) is 5.32 Å². The molecule has 3 aromatic carbocycles. The summed E-state index contributed by atoms with van der Waals surface area (Å²) < 4.78 is 50.1. The lowest BCUT2D eigenvalue weighted by molar-refractivity contribution is -0.170. The minimum Gasteiger partial charge on any atom is -0.326 e. The van der Waals surface area contributed by atoms with Gasteiger partial charge >= 0.3 is 6.18 Å². The average Bonchev–Trinajstić information content (AvgIpc) is 3.45. The van der Waals surface area contributed by atoms with E-state index in [9.17, 15) is 31.9 Å². The van der Waals surface area contributed by atoms with Crippen molar-refractivity contribution < 1.29 is 31.9 Å². The van der Waals surface area contributed by atoms with Crippen molar-refractivity contribution in [2.75, 3.05) is 5.32 Å². The molecule has 4 nitrogen and oxygen atoms in total. The van der Waals surface area contributed by atoms with Crippen LogP contribution in [-0.4, -0.2) is 28.0 Å². The van der Waals surface area contributed by atoms with E-state index in [-0.39, 0.29) is 38.3 Å². The van der Waals surface area contributed by atoms with E-state index in [1.807, 2.05) is 0 Å². The quantitative estimate of drug-likeness (QED) is 0.151. The monoisotopic (exact) mass is 653 g/mol. The lowest BCUT2D eigenvalue weighted by Gasteiger charge is -2.11. The molecule has 0 aromatic heterocycles. The van der Waals surface area contributed by atoms with Crippen molar-refractivity contribution in [3.05, 3.63) is 97.7 Å². The van der Waals surface area contributed by atoms with E-state index >= 15 is 0 Å². The fraction of sp³-hybridized carbons (Fsp3) is 0.222. The Bertz CT molecular complexity index is 1530. The van der Waals surface area contributed by atoms with Crippen LogP contribution in [0, 0.1) is 11.7 Å². The highest BCUT2D eigenvalue weighted by Gasteiger charge is 2.67. The average molecular weight is 656 g/mol. The van der Waals surface area contributed by atoms with Crippen molar-refractivity contribution in [2.45, 2.75) is 29.3 Å². The maximum absolute atomic E-state index is 13.5. The fourth-order valence-electron chi connectivity index (χ4n) is 4.24. The van der Waals surface area contributed by atoms with Crippen molar-refractivity contribution in [3.8, 4) is 0 Å². The number of anilines is 1. The molecule has 0 aliphatic heterocycles. The number of amides is 1. The Hall–Kier alpha value is -2.36. The largest absolute Gasteiger partial charge is 0.450 e. The molecule has 210 valence electrons. The molecule has 2 unspecified atom stereocenters. The zero-order valence-corrected chi connectivity index (χ0v) is 23.7. The van der Waals surface area contributed by atoms with Gasteiger partial charge in [-0.05, 0) is 53.1 Å². The molecular weight excluding hydrogens is 640 g/mol. The van der Waals surface area contributed by atoms with E-state index in [0.717, 1.165) is 6.07 Å². The molecule has 2 atom stereocenters. The van der Waals surface area contributed by atoms with Gasteiger partial charge in [-0.2, -0.15) is 13.2 Å². The summed E-state index contributed by atoms with van der Waals surface area (Å²) in [6.45, 7) is 0. The Morgan fingerprint density at radius 1 is 0.850 bits per heavy atom. The van der Waals surface area contributed by atoms with Gasteiger partial charge in [0.1, 0.15) is 10.2 Å². The zero-order valence-electron chi connectivity index (χ0n) is 19.9. The topological polar surface area (TPSA) is 63.2 Å². The molecule has 1 aliphatic carbocycles. The summed E-state index contributed by atoms with van der Waals surface area (Å²) in [5, 5.41) is 2.51. The van der Waals surface area contributed by atoms with Crippen LogP contribution in [0.25, 0.3) is 0 Å². The Kier molecular flexibility index (Phi) is 8.79. The van der Waals surface area contributed by atoms with Gasteiger partial charge in [0.15, 0.2) is 5.78 Å². The standard InChI is InChI=1S/C27H16Cl5F4NO3/c28-17-4-1-12(7-14(17)10-22(39)27(34,35)36)8-21(38)16-11-15(3-5-18(16)29)37-25(40)24-23(26(24,31)32)13-2-6-20(33)19(30)9-13/h1-7,9,11,23-24H,8,10H2,(H,37,40). The number of nitrogens with one attached hydrogen (secondary N) is 1. The van der Waals surface area contributed by atoms with Crippen LogP contribution >= 0.6 is 58.0 Å². The molecule has 1 amide bonds. The predicted octanol–water partition coefficient (Wildman–Crippen LogP) is 8.41. The number of benzene rings is 3. The van der Waals surface area contributed by atoms with Crippen molar-refractivity contribution in [1.82, 2.24) is 0 Å². The molecule has 13 heteroatoms. The first kappa shape index (κ1) is 30.6. The number of alkyl halides is 5. The molecule has 0 spiro atoms. The lowest BCUT2D eigenvalue weighted by Crippen LogP contribution is -2.24. The zero-order chi connectivity index (χ0) is 29.6. The predicted molar refractivity (Wildman–Crippen MR) is 146 cm³/mol. The minimum atomic E-state index is -5.02. The highest BCUT2D eigenvalue weighted by Crippen LogP contribution is 2.65. The van der Waals surface area contributed by atoms with Crippen LogP contribution in [-0.2, 0) is 22.4 Å². The van der Waals surface area contributed by atoms with Gasteiger partial charge in [0, 0.05) is 35.0 Å². The van der Waals surface area contributed by atoms with E-state index in [1.54, 1.807) is 0 Å². The van der Waals surface area contributed by atoms with Crippen molar-refractivity contribution in [3.63, 3.8) is 0 Å². The molecule has 1 saturated carbocycles. The first-order valence-electron chi connectivity index (χ1n) is 11.4. The van der Waals surface area contributed by atoms with E-state index < -0.39 is 52.1 Å². The number of carbonyl (C=O) groups excluding carboxylic acids is 3. The first-order valence-corrected chi connectivity index (χ1v) is 13.3. The second-order valence-corrected chi connectivity index (χ2v) is 11.8. The number of rotatable bonds is 8. The number of Topliss-reactive ketones (excluding diaryl/α,β-unsaturated/α-hetero) is 2. The summed E-state index contributed by atoms with van der Waals surface area (Å²) in [6, 6.07) is 12.1. The minimum absolute atomic E-state index is 0.0306. The third-order valence-corrected chi connectivity index (χ3v) is 8.24. The lowest BCUT2D eigenvalue weighted by atomic mass is 9.99. The van der Waals surface area contributed by atoms with Gasteiger partial charge in [-0.15, -0.1) is 23.2 Å². The second-order valence-electron chi connectivity index (χ2n) is 9.11. The summed E-state index contributed by atoms with van der Waals surface area (Å²) in [7, 11) is 0. The number of hydrogen-bond acceptors (Lipinski definition) is 3.